The summed E-state index contributed by atoms with van der Waals surface area (Å²) in [4.78, 5) is 31.6. The van der Waals surface area contributed by atoms with Crippen LogP contribution < -0.4 is 4.74 Å². The first-order valence-electron chi connectivity index (χ1n) is 12.1. The highest BCUT2D eigenvalue weighted by atomic mass is 35.5. The molecule has 5 nitrogen and oxygen atoms in total. The number of hydrogen-bond acceptors (Lipinski definition) is 4. The Labute approximate surface area is 220 Å². The molecule has 0 saturated heterocycles. The van der Waals surface area contributed by atoms with Crippen LogP contribution in [0.3, 0.4) is 0 Å². The maximum atomic E-state index is 13.6. The standard InChI is InChI=1S/C28H30ClFN2O3S/c1-19(2)11-14-31(28(34)20-3-7-22(30)8-4-20)17-27(33)32-15-12-26-24(13-16-36-26)25(32)18-35-23-9-5-21(29)6-10-23/h3-10,13,16,19,25H,11-12,14-15,17-18H2,1-2H3/t25-/m0/s1. The molecule has 1 atom stereocenters. The van der Waals surface area contributed by atoms with Gasteiger partial charge < -0.3 is 14.5 Å². The van der Waals surface area contributed by atoms with Gasteiger partial charge in [-0.15, -0.1) is 11.3 Å². The number of fused-ring (bicyclic) bond motifs is 1. The summed E-state index contributed by atoms with van der Waals surface area (Å²) in [5.74, 6) is 0.244. The van der Waals surface area contributed by atoms with Crippen molar-refractivity contribution in [2.75, 3.05) is 26.2 Å². The summed E-state index contributed by atoms with van der Waals surface area (Å²) in [7, 11) is 0. The molecule has 2 heterocycles. The molecule has 36 heavy (non-hydrogen) atoms. The van der Waals surface area contributed by atoms with E-state index in [1.165, 1.54) is 29.1 Å². The summed E-state index contributed by atoms with van der Waals surface area (Å²) in [5.41, 5.74) is 1.46. The first-order valence-corrected chi connectivity index (χ1v) is 13.4. The lowest BCUT2D eigenvalue weighted by atomic mass is 10.00. The number of amides is 2. The van der Waals surface area contributed by atoms with Gasteiger partial charge in [0.1, 0.15) is 24.7 Å². The summed E-state index contributed by atoms with van der Waals surface area (Å²) in [6, 6.07) is 14.4. The van der Waals surface area contributed by atoms with Crippen LogP contribution in [0.25, 0.3) is 0 Å². The molecule has 0 spiro atoms. The Balaban J connectivity index is 1.52. The van der Waals surface area contributed by atoms with E-state index in [-0.39, 0.29) is 24.4 Å². The van der Waals surface area contributed by atoms with Crippen LogP contribution in [0.5, 0.6) is 5.75 Å². The highest BCUT2D eigenvalue weighted by Crippen LogP contribution is 2.34. The van der Waals surface area contributed by atoms with Crippen LogP contribution >= 0.6 is 22.9 Å². The fourth-order valence-electron chi connectivity index (χ4n) is 4.28. The van der Waals surface area contributed by atoms with Crippen molar-refractivity contribution in [2.24, 2.45) is 5.92 Å². The molecule has 3 aromatic rings. The van der Waals surface area contributed by atoms with Gasteiger partial charge in [0.15, 0.2) is 0 Å². The van der Waals surface area contributed by atoms with Crippen molar-refractivity contribution in [2.45, 2.75) is 32.7 Å². The smallest absolute Gasteiger partial charge is 0.254 e. The molecule has 4 rings (SSSR count). The number of thiophene rings is 1. The Morgan fingerprint density at radius 3 is 2.56 bits per heavy atom. The number of nitrogens with zero attached hydrogens (tertiary/aromatic N) is 2. The normalized spacial score (nSPS) is 15.0. The molecule has 8 heteroatoms. The molecule has 0 fully saturated rings. The number of ether oxygens (including phenoxy) is 1. The quantitative estimate of drug-likeness (QED) is 0.330. The molecule has 1 aliphatic heterocycles. The van der Waals surface area contributed by atoms with E-state index in [1.54, 1.807) is 40.5 Å². The van der Waals surface area contributed by atoms with Crippen LogP contribution in [0.2, 0.25) is 5.02 Å². The van der Waals surface area contributed by atoms with E-state index in [0.29, 0.717) is 41.9 Å². The van der Waals surface area contributed by atoms with Gasteiger partial charge in [-0.2, -0.15) is 0 Å². The fourth-order valence-corrected chi connectivity index (χ4v) is 5.33. The molecular formula is C28H30ClFN2O3S. The lowest BCUT2D eigenvalue weighted by molar-refractivity contribution is -0.135. The van der Waals surface area contributed by atoms with E-state index < -0.39 is 5.82 Å². The van der Waals surface area contributed by atoms with Crippen molar-refractivity contribution < 1.29 is 18.7 Å². The third kappa shape index (κ3) is 6.45. The van der Waals surface area contributed by atoms with Crippen molar-refractivity contribution in [1.29, 1.82) is 0 Å². The van der Waals surface area contributed by atoms with E-state index in [0.717, 1.165) is 18.4 Å². The third-order valence-corrected chi connectivity index (χ3v) is 7.57. The van der Waals surface area contributed by atoms with Gasteiger partial charge in [0.2, 0.25) is 5.91 Å². The Morgan fingerprint density at radius 1 is 1.14 bits per heavy atom. The summed E-state index contributed by atoms with van der Waals surface area (Å²) in [6.07, 6.45) is 1.53. The van der Waals surface area contributed by atoms with Crippen LogP contribution in [0.4, 0.5) is 4.39 Å². The average Bonchev–Trinajstić information content (AvgIpc) is 3.35. The van der Waals surface area contributed by atoms with Crippen molar-refractivity contribution in [3.8, 4) is 5.75 Å². The van der Waals surface area contributed by atoms with E-state index in [2.05, 4.69) is 19.9 Å². The van der Waals surface area contributed by atoms with Crippen molar-refractivity contribution in [1.82, 2.24) is 9.80 Å². The Hall–Kier alpha value is -2.90. The number of rotatable bonds is 9. The van der Waals surface area contributed by atoms with Crippen molar-refractivity contribution in [3.05, 3.63) is 86.8 Å². The Morgan fingerprint density at radius 2 is 1.86 bits per heavy atom. The molecule has 2 amide bonds. The highest BCUT2D eigenvalue weighted by molar-refractivity contribution is 7.10. The molecule has 0 radical (unpaired) electrons. The zero-order valence-corrected chi connectivity index (χ0v) is 22.0. The monoisotopic (exact) mass is 528 g/mol. The van der Waals surface area contributed by atoms with Gasteiger partial charge in [0.05, 0.1) is 6.04 Å². The lowest BCUT2D eigenvalue weighted by Gasteiger charge is -2.37. The van der Waals surface area contributed by atoms with Crippen LogP contribution in [-0.2, 0) is 11.2 Å². The minimum absolute atomic E-state index is 0.0418. The van der Waals surface area contributed by atoms with Gasteiger partial charge in [-0.1, -0.05) is 25.4 Å². The average molecular weight is 529 g/mol. The largest absolute Gasteiger partial charge is 0.491 e. The van der Waals surface area contributed by atoms with Gasteiger partial charge >= 0.3 is 0 Å². The van der Waals surface area contributed by atoms with E-state index in [9.17, 15) is 14.0 Å². The molecule has 190 valence electrons. The minimum atomic E-state index is -0.403. The second-order valence-corrected chi connectivity index (χ2v) is 10.8. The van der Waals surface area contributed by atoms with Crippen LogP contribution in [-0.4, -0.2) is 47.9 Å². The molecule has 0 unspecified atom stereocenters. The van der Waals surface area contributed by atoms with Gasteiger partial charge in [-0.25, -0.2) is 4.39 Å². The topological polar surface area (TPSA) is 49.9 Å². The predicted molar refractivity (Wildman–Crippen MR) is 141 cm³/mol. The molecule has 0 saturated carbocycles. The predicted octanol–water partition coefficient (Wildman–Crippen LogP) is 6.23. The second kappa shape index (κ2) is 11.9. The fraction of sp³-hybridized carbons (Fsp3) is 0.357. The van der Waals surface area contributed by atoms with E-state index in [1.807, 2.05) is 10.3 Å². The highest BCUT2D eigenvalue weighted by Gasteiger charge is 2.33. The van der Waals surface area contributed by atoms with Crippen LogP contribution in [0, 0.1) is 11.7 Å². The molecule has 0 bridgehead atoms. The van der Waals surface area contributed by atoms with Gasteiger partial charge in [-0.3, -0.25) is 9.59 Å². The third-order valence-electron chi connectivity index (χ3n) is 6.32. The number of benzene rings is 2. The van der Waals surface area contributed by atoms with E-state index in [4.69, 9.17) is 16.3 Å². The van der Waals surface area contributed by atoms with Crippen LogP contribution in [0.15, 0.2) is 60.0 Å². The van der Waals surface area contributed by atoms with Crippen molar-refractivity contribution >= 4 is 34.8 Å². The molecule has 1 aromatic heterocycles. The number of carbonyl (C=O) groups is 2. The van der Waals surface area contributed by atoms with Gasteiger partial charge in [0.25, 0.3) is 5.91 Å². The number of halogens is 2. The number of carbonyl (C=O) groups excluding carboxylic acids is 2. The lowest BCUT2D eigenvalue weighted by Crippen LogP contribution is -2.48. The van der Waals surface area contributed by atoms with Gasteiger partial charge in [-0.05, 0) is 84.3 Å². The minimum Gasteiger partial charge on any atom is -0.491 e. The molecule has 1 aliphatic rings. The number of hydrogen-bond donors (Lipinski definition) is 0. The molecular weight excluding hydrogens is 499 g/mol. The first kappa shape index (κ1) is 26.2. The molecule has 2 aromatic carbocycles. The zero-order chi connectivity index (χ0) is 25.7. The first-order chi connectivity index (χ1) is 17.3. The second-order valence-electron chi connectivity index (χ2n) is 9.33. The summed E-state index contributed by atoms with van der Waals surface area (Å²) in [5, 5.41) is 2.67. The zero-order valence-electron chi connectivity index (χ0n) is 20.5. The summed E-state index contributed by atoms with van der Waals surface area (Å²) < 4.78 is 19.5. The van der Waals surface area contributed by atoms with E-state index >= 15 is 0 Å². The summed E-state index contributed by atoms with van der Waals surface area (Å²) in [6.45, 7) is 5.42. The SMILES string of the molecule is CC(C)CCN(CC(=O)N1CCc2sccc2[C@@H]1COc1ccc(Cl)cc1)C(=O)c1ccc(F)cc1. The van der Waals surface area contributed by atoms with Gasteiger partial charge in [0, 0.05) is 28.6 Å². The van der Waals surface area contributed by atoms with Crippen molar-refractivity contribution in [3.63, 3.8) is 0 Å². The maximum absolute atomic E-state index is 13.6. The Kier molecular flexibility index (Phi) is 8.64. The summed E-state index contributed by atoms with van der Waals surface area (Å²) >= 11 is 7.68. The molecule has 0 N–H and O–H groups in total. The maximum Gasteiger partial charge on any atom is 0.254 e. The molecule has 0 aliphatic carbocycles. The Bertz CT molecular complexity index is 1180. The van der Waals surface area contributed by atoms with Crippen LogP contribution in [0.1, 0.15) is 47.1 Å².